The molecular weight excluding hydrogens is 426 g/mol. The lowest BCUT2D eigenvalue weighted by molar-refractivity contribution is 0.0945. The van der Waals surface area contributed by atoms with E-state index in [1.807, 2.05) is 42.5 Å². The molecule has 34 heavy (non-hydrogen) atoms. The Hall–Kier alpha value is -4.78. The summed E-state index contributed by atoms with van der Waals surface area (Å²) in [5, 5.41) is 12.0. The number of hydrogen-bond acceptors (Lipinski definition) is 5. The second kappa shape index (κ2) is 7.11. The molecule has 6 aromatic rings. The number of hydrogen-bond donors (Lipinski definition) is 2. The smallest absolute Gasteiger partial charge is 0.252 e. The Kier molecular flexibility index (Phi) is 3.92. The number of fused-ring (bicyclic) bond motifs is 5. The molecule has 0 aliphatic heterocycles. The fraction of sp³-hybridized carbons (Fsp3) is 0.0370. The number of benzene rings is 3. The summed E-state index contributed by atoms with van der Waals surface area (Å²) >= 11 is 0. The number of pyridine rings is 1. The number of amides is 1. The standard InChI is InChI=1S/C27H17N5O2/c33-27(20-11-13-29-26-19(20)10-12-28-26)30-25-18-5-2-1-4-17(18)24-16(6-3-7-21(24)25)15-8-9-22-23(14-15)32-34-31-22/h1-14,25H,(H,28,29)(H,30,33). The highest BCUT2D eigenvalue weighted by Crippen LogP contribution is 2.48. The lowest BCUT2D eigenvalue weighted by Crippen LogP contribution is -2.28. The summed E-state index contributed by atoms with van der Waals surface area (Å²) in [5.74, 6) is -0.139. The molecule has 1 atom stereocenters. The minimum Gasteiger partial charge on any atom is -0.346 e. The van der Waals surface area contributed by atoms with Crippen molar-refractivity contribution >= 4 is 28.0 Å². The summed E-state index contributed by atoms with van der Waals surface area (Å²) < 4.78 is 4.88. The van der Waals surface area contributed by atoms with Crippen LogP contribution in [-0.2, 0) is 0 Å². The van der Waals surface area contributed by atoms with Crippen molar-refractivity contribution in [1.82, 2.24) is 25.6 Å². The van der Waals surface area contributed by atoms with Crippen molar-refractivity contribution in [3.63, 3.8) is 0 Å². The van der Waals surface area contributed by atoms with Gasteiger partial charge in [-0.3, -0.25) is 4.79 Å². The van der Waals surface area contributed by atoms with E-state index in [4.69, 9.17) is 4.63 Å². The molecule has 3 aromatic heterocycles. The van der Waals surface area contributed by atoms with Gasteiger partial charge in [0.1, 0.15) is 16.7 Å². The van der Waals surface area contributed by atoms with Crippen molar-refractivity contribution in [2.75, 3.05) is 0 Å². The lowest BCUT2D eigenvalue weighted by Gasteiger charge is -2.17. The first kappa shape index (κ1) is 18.8. The maximum Gasteiger partial charge on any atom is 0.252 e. The number of H-pyrrole nitrogens is 1. The van der Waals surface area contributed by atoms with Gasteiger partial charge in [-0.25, -0.2) is 9.61 Å². The molecule has 0 saturated heterocycles. The SMILES string of the molecule is O=C(NC1c2ccccc2-c2c(-c3ccc4nonc4c3)cccc21)c1ccnc2[nH]ccc12. The predicted octanol–water partition coefficient (Wildman–Crippen LogP) is 5.27. The molecule has 7 rings (SSSR count). The number of nitrogens with zero attached hydrogens (tertiary/aromatic N) is 3. The van der Waals surface area contributed by atoms with E-state index in [1.54, 1.807) is 18.5 Å². The Morgan fingerprint density at radius 1 is 0.882 bits per heavy atom. The first-order valence-corrected chi connectivity index (χ1v) is 11.0. The van der Waals surface area contributed by atoms with Crippen molar-refractivity contribution in [1.29, 1.82) is 0 Å². The van der Waals surface area contributed by atoms with Crippen LogP contribution < -0.4 is 5.32 Å². The van der Waals surface area contributed by atoms with Crippen LogP contribution in [0.1, 0.15) is 27.5 Å². The highest BCUT2D eigenvalue weighted by molar-refractivity contribution is 6.06. The minimum absolute atomic E-state index is 0.139. The first-order chi connectivity index (χ1) is 16.8. The molecule has 2 N–H and O–H groups in total. The topological polar surface area (TPSA) is 96.7 Å². The van der Waals surface area contributed by atoms with Gasteiger partial charge in [0.2, 0.25) is 0 Å². The van der Waals surface area contributed by atoms with Gasteiger partial charge in [-0.05, 0) is 68.0 Å². The van der Waals surface area contributed by atoms with Gasteiger partial charge >= 0.3 is 0 Å². The summed E-state index contributed by atoms with van der Waals surface area (Å²) in [6, 6.07) is 23.7. The van der Waals surface area contributed by atoms with Crippen LogP contribution in [0.15, 0.2) is 89.8 Å². The fourth-order valence-electron chi connectivity index (χ4n) is 4.97. The summed E-state index contributed by atoms with van der Waals surface area (Å²) in [4.78, 5) is 20.8. The van der Waals surface area contributed by atoms with Gasteiger partial charge in [0.25, 0.3) is 5.91 Å². The van der Waals surface area contributed by atoms with Crippen LogP contribution in [0.2, 0.25) is 0 Å². The van der Waals surface area contributed by atoms with Crippen molar-refractivity contribution in [3.05, 3.63) is 102 Å². The molecule has 3 heterocycles. The highest BCUT2D eigenvalue weighted by atomic mass is 16.6. The second-order valence-electron chi connectivity index (χ2n) is 8.33. The average Bonchev–Trinajstić information content (AvgIpc) is 3.61. The molecule has 1 aliphatic rings. The highest BCUT2D eigenvalue weighted by Gasteiger charge is 2.32. The normalized spacial score (nSPS) is 14.3. The summed E-state index contributed by atoms with van der Waals surface area (Å²) in [5.41, 5.74) is 9.16. The molecule has 7 nitrogen and oxygen atoms in total. The van der Waals surface area contributed by atoms with Crippen molar-refractivity contribution < 1.29 is 9.42 Å². The number of carbonyl (C=O) groups excluding carboxylic acids is 1. The van der Waals surface area contributed by atoms with Crippen LogP contribution in [0.25, 0.3) is 44.3 Å². The zero-order valence-electron chi connectivity index (χ0n) is 17.8. The molecule has 0 fully saturated rings. The van der Waals surface area contributed by atoms with Crippen LogP contribution in [-0.4, -0.2) is 26.2 Å². The van der Waals surface area contributed by atoms with E-state index in [0.717, 1.165) is 44.3 Å². The van der Waals surface area contributed by atoms with E-state index in [1.165, 1.54) is 0 Å². The maximum atomic E-state index is 13.4. The molecule has 1 unspecified atom stereocenters. The van der Waals surface area contributed by atoms with Gasteiger partial charge in [0, 0.05) is 17.8 Å². The van der Waals surface area contributed by atoms with Crippen LogP contribution in [0.5, 0.6) is 0 Å². The maximum absolute atomic E-state index is 13.4. The number of rotatable bonds is 3. The monoisotopic (exact) mass is 443 g/mol. The zero-order valence-corrected chi connectivity index (χ0v) is 17.8. The van der Waals surface area contributed by atoms with Crippen molar-refractivity contribution in [2.45, 2.75) is 6.04 Å². The van der Waals surface area contributed by atoms with E-state index in [9.17, 15) is 4.79 Å². The Morgan fingerprint density at radius 3 is 2.71 bits per heavy atom. The summed E-state index contributed by atoms with van der Waals surface area (Å²) in [7, 11) is 0. The van der Waals surface area contributed by atoms with E-state index in [-0.39, 0.29) is 11.9 Å². The largest absolute Gasteiger partial charge is 0.346 e. The molecule has 1 aliphatic carbocycles. The van der Waals surface area contributed by atoms with Crippen LogP contribution >= 0.6 is 0 Å². The summed E-state index contributed by atoms with van der Waals surface area (Å²) in [6.45, 7) is 0. The van der Waals surface area contributed by atoms with Gasteiger partial charge in [-0.1, -0.05) is 48.5 Å². The molecule has 0 radical (unpaired) electrons. The molecular formula is C27H17N5O2. The van der Waals surface area contributed by atoms with Gasteiger partial charge < -0.3 is 10.3 Å². The Balaban J connectivity index is 1.36. The zero-order chi connectivity index (χ0) is 22.6. The Labute approximate surface area is 193 Å². The first-order valence-electron chi connectivity index (χ1n) is 11.0. The van der Waals surface area contributed by atoms with Crippen molar-refractivity contribution in [2.24, 2.45) is 0 Å². The van der Waals surface area contributed by atoms with E-state index >= 15 is 0 Å². The summed E-state index contributed by atoms with van der Waals surface area (Å²) in [6.07, 6.45) is 3.44. The quantitative estimate of drug-likeness (QED) is 0.389. The molecule has 7 heteroatoms. The third-order valence-corrected chi connectivity index (χ3v) is 6.49. The third-order valence-electron chi connectivity index (χ3n) is 6.49. The Bertz CT molecular complexity index is 1730. The number of nitrogens with one attached hydrogen (secondary N) is 2. The van der Waals surface area contributed by atoms with Gasteiger partial charge in [-0.15, -0.1) is 0 Å². The molecule has 3 aromatic carbocycles. The molecule has 0 saturated carbocycles. The second-order valence-corrected chi connectivity index (χ2v) is 8.33. The molecule has 162 valence electrons. The average molecular weight is 443 g/mol. The van der Waals surface area contributed by atoms with Gasteiger partial charge in [-0.2, -0.15) is 0 Å². The third kappa shape index (κ3) is 2.70. The minimum atomic E-state index is -0.266. The van der Waals surface area contributed by atoms with E-state index < -0.39 is 0 Å². The molecule has 0 bridgehead atoms. The lowest BCUT2D eigenvalue weighted by atomic mass is 9.94. The predicted molar refractivity (Wildman–Crippen MR) is 128 cm³/mol. The molecule has 0 spiro atoms. The Morgan fingerprint density at radius 2 is 1.74 bits per heavy atom. The number of aromatic nitrogens is 4. The van der Waals surface area contributed by atoms with E-state index in [0.29, 0.717) is 16.7 Å². The molecule has 1 amide bonds. The van der Waals surface area contributed by atoms with Crippen LogP contribution in [0, 0.1) is 0 Å². The fourth-order valence-corrected chi connectivity index (χ4v) is 4.97. The van der Waals surface area contributed by atoms with Crippen LogP contribution in [0.4, 0.5) is 0 Å². The number of carbonyl (C=O) groups is 1. The van der Waals surface area contributed by atoms with Gasteiger partial charge in [0.05, 0.1) is 11.6 Å². The van der Waals surface area contributed by atoms with Gasteiger partial charge in [0.15, 0.2) is 0 Å². The number of aromatic amines is 1. The van der Waals surface area contributed by atoms with E-state index in [2.05, 4.69) is 49.9 Å². The van der Waals surface area contributed by atoms with Crippen molar-refractivity contribution in [3.8, 4) is 22.3 Å². The van der Waals surface area contributed by atoms with Crippen LogP contribution in [0.3, 0.4) is 0 Å².